The number of aromatic nitrogens is 2. The number of hydrogen-bond acceptors (Lipinski definition) is 5. The number of ether oxygens (including phenoxy) is 2. The fraction of sp³-hybridized carbons (Fsp3) is 0.364. The van der Waals surface area contributed by atoms with Crippen LogP contribution >= 0.6 is 0 Å². The molecule has 2 fully saturated rings. The number of halogens is 3. The number of nitrogens with zero attached hydrogens (tertiary/aromatic N) is 2. The molecular formula is C22H21F3N4O3. The third-order valence-electron chi connectivity index (χ3n) is 5.79. The number of alkyl halides is 2. The summed E-state index contributed by atoms with van der Waals surface area (Å²) < 4.78 is 52.6. The number of amides is 1. The number of benzene rings is 1. The smallest absolute Gasteiger partial charge is 0.387 e. The fourth-order valence-corrected chi connectivity index (χ4v) is 3.85. The van der Waals surface area contributed by atoms with Gasteiger partial charge in [0.1, 0.15) is 28.5 Å². The molecule has 0 unspecified atom stereocenters. The topological polar surface area (TPSA) is 76.9 Å². The van der Waals surface area contributed by atoms with Crippen LogP contribution < -0.4 is 20.1 Å². The van der Waals surface area contributed by atoms with Gasteiger partial charge in [0.05, 0.1) is 19.0 Å². The van der Waals surface area contributed by atoms with Gasteiger partial charge in [-0.05, 0) is 36.6 Å². The van der Waals surface area contributed by atoms with Crippen LogP contribution in [0.2, 0.25) is 0 Å². The minimum atomic E-state index is -3.14. The standard InChI is InChI=1S/C22H21F3N4O3/c1-31-17-4-11(5-18(32-22(24)25)20(17)21(30)28-13-2-3-13)16-9-27-19-6-14(12-7-26-8-12)15(23)10-29(16)19/h4-6,9-10,12-13,22,26H,2-3,7-8H2,1H3,(H,28,30). The van der Waals surface area contributed by atoms with E-state index in [0.29, 0.717) is 35.6 Å². The minimum absolute atomic E-state index is 0.0214. The highest BCUT2D eigenvalue weighted by Crippen LogP contribution is 2.37. The molecule has 0 bridgehead atoms. The Morgan fingerprint density at radius 1 is 1.25 bits per heavy atom. The van der Waals surface area contributed by atoms with Gasteiger partial charge < -0.3 is 20.1 Å². The molecule has 0 spiro atoms. The van der Waals surface area contributed by atoms with Crippen LogP contribution in [0.1, 0.15) is 34.7 Å². The second kappa shape index (κ2) is 8.01. The number of hydrogen-bond donors (Lipinski definition) is 2. The Balaban J connectivity index is 1.60. The van der Waals surface area contributed by atoms with E-state index < -0.39 is 12.5 Å². The summed E-state index contributed by atoms with van der Waals surface area (Å²) in [6.45, 7) is -1.73. The maximum Gasteiger partial charge on any atom is 0.387 e. The first kappa shape index (κ1) is 20.6. The highest BCUT2D eigenvalue weighted by Gasteiger charge is 2.29. The summed E-state index contributed by atoms with van der Waals surface area (Å²) >= 11 is 0. The minimum Gasteiger partial charge on any atom is -0.496 e. The second-order valence-corrected chi connectivity index (χ2v) is 7.98. The molecule has 0 atom stereocenters. The maximum atomic E-state index is 14.8. The molecule has 1 amide bonds. The molecule has 32 heavy (non-hydrogen) atoms. The largest absolute Gasteiger partial charge is 0.496 e. The van der Waals surface area contributed by atoms with E-state index in [-0.39, 0.29) is 34.8 Å². The first-order chi connectivity index (χ1) is 15.4. The summed E-state index contributed by atoms with van der Waals surface area (Å²) in [7, 11) is 1.34. The average molecular weight is 446 g/mol. The summed E-state index contributed by atoms with van der Waals surface area (Å²) in [6.07, 6.45) is 4.52. The number of nitrogens with one attached hydrogen (secondary N) is 2. The van der Waals surface area contributed by atoms with Crippen molar-refractivity contribution in [2.24, 2.45) is 0 Å². The van der Waals surface area contributed by atoms with Gasteiger partial charge in [-0.3, -0.25) is 9.20 Å². The lowest BCUT2D eigenvalue weighted by Crippen LogP contribution is -2.40. The molecular weight excluding hydrogens is 425 g/mol. The van der Waals surface area contributed by atoms with Gasteiger partial charge in [0.25, 0.3) is 5.91 Å². The molecule has 168 valence electrons. The molecule has 0 radical (unpaired) electrons. The molecule has 1 saturated carbocycles. The predicted octanol–water partition coefficient (Wildman–Crippen LogP) is 3.33. The van der Waals surface area contributed by atoms with Gasteiger partial charge in [-0.2, -0.15) is 8.78 Å². The predicted molar refractivity (Wildman–Crippen MR) is 110 cm³/mol. The normalized spacial score (nSPS) is 16.3. The van der Waals surface area contributed by atoms with Gasteiger partial charge in [0.2, 0.25) is 0 Å². The van der Waals surface area contributed by atoms with E-state index in [1.54, 1.807) is 6.07 Å². The lowest BCUT2D eigenvalue weighted by Gasteiger charge is -2.27. The van der Waals surface area contributed by atoms with Crippen LogP contribution in [0, 0.1) is 5.82 Å². The Morgan fingerprint density at radius 3 is 2.62 bits per heavy atom. The Hall–Kier alpha value is -3.27. The van der Waals surface area contributed by atoms with Gasteiger partial charge in [-0.15, -0.1) is 0 Å². The van der Waals surface area contributed by atoms with E-state index in [0.717, 1.165) is 12.8 Å². The second-order valence-electron chi connectivity index (χ2n) is 7.98. The number of methoxy groups -OCH3 is 1. The van der Waals surface area contributed by atoms with Crippen molar-refractivity contribution in [3.05, 3.63) is 47.5 Å². The molecule has 1 aliphatic heterocycles. The monoisotopic (exact) mass is 446 g/mol. The molecule has 2 aliphatic rings. The fourth-order valence-electron chi connectivity index (χ4n) is 3.85. The van der Waals surface area contributed by atoms with E-state index in [1.807, 2.05) is 0 Å². The molecule has 2 N–H and O–H groups in total. The van der Waals surface area contributed by atoms with E-state index in [1.165, 1.54) is 36.0 Å². The Morgan fingerprint density at radius 2 is 2.00 bits per heavy atom. The van der Waals surface area contributed by atoms with Crippen LogP contribution in [0.4, 0.5) is 13.2 Å². The van der Waals surface area contributed by atoms with Gasteiger partial charge in [0, 0.05) is 36.8 Å². The Bertz CT molecular complexity index is 1190. The molecule has 2 aromatic heterocycles. The Kier molecular flexibility index (Phi) is 5.16. The molecule has 3 heterocycles. The van der Waals surface area contributed by atoms with E-state index in [2.05, 4.69) is 20.4 Å². The molecule has 7 nitrogen and oxygen atoms in total. The van der Waals surface area contributed by atoms with Crippen molar-refractivity contribution in [3.8, 4) is 22.8 Å². The number of fused-ring (bicyclic) bond motifs is 1. The van der Waals surface area contributed by atoms with Crippen molar-refractivity contribution in [2.45, 2.75) is 31.4 Å². The SMILES string of the molecule is COc1cc(-c2cnc3cc(C4CNC4)c(F)cn23)cc(OC(F)F)c1C(=O)NC1CC1. The molecule has 1 aliphatic carbocycles. The average Bonchev–Trinajstić information content (AvgIpc) is 3.43. The molecule has 3 aromatic rings. The van der Waals surface area contributed by atoms with Crippen LogP contribution in [0.5, 0.6) is 11.5 Å². The van der Waals surface area contributed by atoms with Crippen LogP contribution in [0.25, 0.3) is 16.9 Å². The summed E-state index contributed by atoms with van der Waals surface area (Å²) in [5.74, 6) is -1.08. The van der Waals surface area contributed by atoms with E-state index >= 15 is 0 Å². The van der Waals surface area contributed by atoms with Gasteiger partial charge in [-0.1, -0.05) is 0 Å². The number of imidazole rings is 1. The van der Waals surface area contributed by atoms with Gasteiger partial charge >= 0.3 is 6.61 Å². The van der Waals surface area contributed by atoms with Gasteiger partial charge in [-0.25, -0.2) is 9.37 Å². The van der Waals surface area contributed by atoms with Crippen molar-refractivity contribution < 1.29 is 27.4 Å². The zero-order chi connectivity index (χ0) is 22.4. The number of carbonyl (C=O) groups excluding carboxylic acids is 1. The van der Waals surface area contributed by atoms with Crippen molar-refractivity contribution in [1.29, 1.82) is 0 Å². The number of rotatable bonds is 7. The van der Waals surface area contributed by atoms with Crippen LogP contribution in [-0.4, -0.2) is 48.1 Å². The molecule has 5 rings (SSSR count). The van der Waals surface area contributed by atoms with E-state index in [4.69, 9.17) is 4.74 Å². The van der Waals surface area contributed by atoms with Crippen molar-refractivity contribution in [2.75, 3.05) is 20.2 Å². The van der Waals surface area contributed by atoms with Crippen LogP contribution in [-0.2, 0) is 0 Å². The molecule has 1 aromatic carbocycles. The molecule has 10 heteroatoms. The summed E-state index contributed by atoms with van der Waals surface area (Å²) in [6, 6.07) is 4.57. The third-order valence-corrected chi connectivity index (χ3v) is 5.79. The number of pyridine rings is 1. The van der Waals surface area contributed by atoms with Crippen molar-refractivity contribution in [3.63, 3.8) is 0 Å². The van der Waals surface area contributed by atoms with Crippen LogP contribution in [0.15, 0.2) is 30.6 Å². The third kappa shape index (κ3) is 3.75. The van der Waals surface area contributed by atoms with E-state index in [9.17, 15) is 18.0 Å². The van der Waals surface area contributed by atoms with Crippen LogP contribution in [0.3, 0.4) is 0 Å². The first-order valence-electron chi connectivity index (χ1n) is 10.3. The zero-order valence-corrected chi connectivity index (χ0v) is 17.2. The summed E-state index contributed by atoms with van der Waals surface area (Å²) in [5.41, 5.74) is 1.84. The lowest BCUT2D eigenvalue weighted by atomic mass is 9.94. The van der Waals surface area contributed by atoms with Gasteiger partial charge in [0.15, 0.2) is 0 Å². The lowest BCUT2D eigenvalue weighted by molar-refractivity contribution is -0.0502. The maximum absolute atomic E-state index is 14.8. The first-order valence-corrected chi connectivity index (χ1v) is 10.3. The number of carbonyl (C=O) groups is 1. The Labute approximate surface area is 181 Å². The quantitative estimate of drug-likeness (QED) is 0.582. The summed E-state index contributed by atoms with van der Waals surface area (Å²) in [4.78, 5) is 17.0. The zero-order valence-electron chi connectivity index (χ0n) is 17.2. The highest BCUT2D eigenvalue weighted by atomic mass is 19.3. The molecule has 1 saturated heterocycles. The highest BCUT2D eigenvalue weighted by molar-refractivity contribution is 6.01. The van der Waals surface area contributed by atoms with Crippen molar-refractivity contribution in [1.82, 2.24) is 20.0 Å². The van der Waals surface area contributed by atoms with Crippen molar-refractivity contribution >= 4 is 11.6 Å². The summed E-state index contributed by atoms with van der Waals surface area (Å²) in [5, 5.41) is 5.88.